The Bertz CT molecular complexity index is 503. The van der Waals surface area contributed by atoms with E-state index in [1.165, 1.54) is 6.92 Å². The van der Waals surface area contributed by atoms with Gasteiger partial charge in [-0.25, -0.2) is 4.98 Å². The molecule has 0 fully saturated rings. The highest BCUT2D eigenvalue weighted by Gasteiger charge is 2.28. The molecule has 0 aliphatic heterocycles. The third kappa shape index (κ3) is 9.10. The zero-order valence-electron chi connectivity index (χ0n) is 16.0. The molecule has 0 saturated heterocycles. The Labute approximate surface area is 155 Å². The molecule has 1 rings (SSSR count). The molecule has 0 bridgehead atoms. The second kappa shape index (κ2) is 12.6. The second-order valence-electron chi connectivity index (χ2n) is 6.44. The van der Waals surface area contributed by atoms with E-state index in [0.29, 0.717) is 26.1 Å². The SMILES string of the molecule is CCCN(CCC(C)(CNCCCONO)OC(C)=O)c1ccccn1. The molecule has 148 valence electrons. The minimum absolute atomic E-state index is 0.290. The Morgan fingerprint density at radius 3 is 2.81 bits per heavy atom. The second-order valence-corrected chi connectivity index (χ2v) is 6.44. The summed E-state index contributed by atoms with van der Waals surface area (Å²) in [6, 6.07) is 5.87. The van der Waals surface area contributed by atoms with E-state index in [1.54, 1.807) is 11.8 Å². The Morgan fingerprint density at radius 1 is 1.38 bits per heavy atom. The highest BCUT2D eigenvalue weighted by molar-refractivity contribution is 5.66. The van der Waals surface area contributed by atoms with Crippen LogP contribution in [0.2, 0.25) is 0 Å². The number of hydrogen-bond acceptors (Lipinski definition) is 8. The molecular formula is C18H32N4O4. The molecule has 0 aliphatic rings. The first-order valence-corrected chi connectivity index (χ1v) is 9.08. The number of aromatic nitrogens is 1. The van der Waals surface area contributed by atoms with Crippen LogP contribution in [0, 0.1) is 0 Å². The van der Waals surface area contributed by atoms with Crippen molar-refractivity contribution < 1.29 is 19.6 Å². The van der Waals surface area contributed by atoms with Crippen molar-refractivity contribution in [3.63, 3.8) is 0 Å². The molecule has 3 N–H and O–H groups in total. The summed E-state index contributed by atoms with van der Waals surface area (Å²) in [7, 11) is 0. The van der Waals surface area contributed by atoms with E-state index >= 15 is 0 Å². The molecule has 8 heteroatoms. The molecule has 1 unspecified atom stereocenters. The first kappa shape index (κ1) is 22.3. The molecule has 0 radical (unpaired) electrons. The molecule has 0 amide bonds. The maximum Gasteiger partial charge on any atom is 0.303 e. The van der Waals surface area contributed by atoms with E-state index < -0.39 is 5.60 Å². The van der Waals surface area contributed by atoms with Crippen LogP contribution in [0.4, 0.5) is 5.82 Å². The van der Waals surface area contributed by atoms with Gasteiger partial charge in [-0.15, -0.1) is 0 Å². The standard InChI is InChI=1S/C18H32N4O4/c1-4-12-22(17-8-5-6-11-20-17)13-9-18(3,26-16(2)23)15-19-10-7-14-25-21-24/h5-6,8,11,19,21,24H,4,7,9-10,12-15H2,1-3H3. The minimum atomic E-state index is -0.608. The van der Waals surface area contributed by atoms with Crippen molar-refractivity contribution in [2.75, 3.05) is 37.7 Å². The molecule has 1 aromatic heterocycles. The number of pyridine rings is 1. The quantitative estimate of drug-likeness (QED) is 0.260. The van der Waals surface area contributed by atoms with E-state index in [4.69, 9.17) is 9.94 Å². The van der Waals surface area contributed by atoms with Crippen LogP contribution in [0.25, 0.3) is 0 Å². The smallest absolute Gasteiger partial charge is 0.303 e. The van der Waals surface area contributed by atoms with Gasteiger partial charge in [0.05, 0.1) is 6.61 Å². The maximum absolute atomic E-state index is 11.5. The van der Waals surface area contributed by atoms with Gasteiger partial charge < -0.3 is 15.0 Å². The van der Waals surface area contributed by atoms with Crippen LogP contribution in [0.5, 0.6) is 0 Å². The van der Waals surface area contributed by atoms with Crippen molar-refractivity contribution in [2.45, 2.75) is 45.6 Å². The van der Waals surface area contributed by atoms with Crippen LogP contribution in [0.1, 0.15) is 40.0 Å². The van der Waals surface area contributed by atoms with Gasteiger partial charge in [0.15, 0.2) is 0 Å². The summed E-state index contributed by atoms with van der Waals surface area (Å²) in [6.45, 7) is 8.76. The predicted molar refractivity (Wildman–Crippen MR) is 99.9 cm³/mol. The number of ether oxygens (including phenoxy) is 1. The zero-order chi connectivity index (χ0) is 19.3. The highest BCUT2D eigenvalue weighted by atomic mass is 16.8. The lowest BCUT2D eigenvalue weighted by Crippen LogP contribution is -2.45. The average Bonchev–Trinajstić information content (AvgIpc) is 2.62. The van der Waals surface area contributed by atoms with Crippen molar-refractivity contribution in [3.8, 4) is 0 Å². The highest BCUT2D eigenvalue weighted by Crippen LogP contribution is 2.19. The van der Waals surface area contributed by atoms with Crippen molar-refractivity contribution in [2.24, 2.45) is 0 Å². The normalized spacial score (nSPS) is 13.2. The third-order valence-corrected chi connectivity index (χ3v) is 3.93. The van der Waals surface area contributed by atoms with Crippen LogP contribution >= 0.6 is 0 Å². The molecular weight excluding hydrogens is 336 g/mol. The number of carbonyl (C=O) groups is 1. The van der Waals surface area contributed by atoms with Gasteiger partial charge in [-0.2, -0.15) is 0 Å². The Kier molecular flexibility index (Phi) is 10.8. The predicted octanol–water partition coefficient (Wildman–Crippen LogP) is 1.90. The minimum Gasteiger partial charge on any atom is -0.458 e. The maximum atomic E-state index is 11.5. The summed E-state index contributed by atoms with van der Waals surface area (Å²) in [4.78, 5) is 22.8. The average molecular weight is 368 g/mol. The molecule has 0 aliphatic carbocycles. The van der Waals surface area contributed by atoms with Gasteiger partial charge in [0, 0.05) is 39.2 Å². The molecule has 1 heterocycles. The summed E-state index contributed by atoms with van der Waals surface area (Å²) in [5, 5.41) is 11.6. The number of hydrogen-bond donors (Lipinski definition) is 3. The van der Waals surface area contributed by atoms with Crippen LogP contribution in [-0.2, 0) is 14.4 Å². The molecule has 1 aromatic rings. The van der Waals surface area contributed by atoms with Crippen LogP contribution in [-0.4, -0.2) is 54.5 Å². The Morgan fingerprint density at radius 2 is 2.19 bits per heavy atom. The van der Waals surface area contributed by atoms with Crippen molar-refractivity contribution in [1.82, 2.24) is 15.9 Å². The topological polar surface area (TPSA) is 96.0 Å². The lowest BCUT2D eigenvalue weighted by atomic mass is 10.0. The van der Waals surface area contributed by atoms with Crippen molar-refractivity contribution in [3.05, 3.63) is 24.4 Å². The molecule has 26 heavy (non-hydrogen) atoms. The number of nitrogens with zero attached hydrogens (tertiary/aromatic N) is 2. The number of carbonyl (C=O) groups excluding carboxylic acids is 1. The lowest BCUT2D eigenvalue weighted by molar-refractivity contribution is -0.155. The van der Waals surface area contributed by atoms with Crippen molar-refractivity contribution in [1.29, 1.82) is 0 Å². The van der Waals surface area contributed by atoms with Gasteiger partial charge in [-0.3, -0.25) is 14.8 Å². The van der Waals surface area contributed by atoms with E-state index in [0.717, 1.165) is 31.7 Å². The van der Waals surface area contributed by atoms with E-state index in [1.807, 2.05) is 25.1 Å². The fraction of sp³-hybridized carbons (Fsp3) is 0.667. The monoisotopic (exact) mass is 368 g/mol. The molecule has 8 nitrogen and oxygen atoms in total. The van der Waals surface area contributed by atoms with Gasteiger partial charge in [0.2, 0.25) is 0 Å². The lowest BCUT2D eigenvalue weighted by Gasteiger charge is -2.33. The molecule has 1 atom stereocenters. The first-order chi connectivity index (χ1) is 12.5. The number of anilines is 1. The van der Waals surface area contributed by atoms with Gasteiger partial charge in [0.25, 0.3) is 0 Å². The first-order valence-electron chi connectivity index (χ1n) is 9.08. The Balaban J connectivity index is 2.59. The summed E-state index contributed by atoms with van der Waals surface area (Å²) in [5.41, 5.74) is 1.04. The van der Waals surface area contributed by atoms with Gasteiger partial charge in [-0.05, 0) is 38.4 Å². The summed E-state index contributed by atoms with van der Waals surface area (Å²) >= 11 is 0. The van der Waals surface area contributed by atoms with Gasteiger partial charge >= 0.3 is 5.97 Å². The Hall–Kier alpha value is -1.74. The third-order valence-electron chi connectivity index (χ3n) is 3.93. The molecule has 0 spiro atoms. The van der Waals surface area contributed by atoms with E-state index in [9.17, 15) is 4.79 Å². The van der Waals surface area contributed by atoms with Crippen LogP contribution in [0.15, 0.2) is 24.4 Å². The number of nitrogens with one attached hydrogen (secondary N) is 2. The van der Waals surface area contributed by atoms with E-state index in [-0.39, 0.29) is 5.97 Å². The zero-order valence-corrected chi connectivity index (χ0v) is 16.0. The fourth-order valence-electron chi connectivity index (χ4n) is 2.71. The fourth-order valence-corrected chi connectivity index (χ4v) is 2.71. The van der Waals surface area contributed by atoms with Gasteiger partial charge in [-0.1, -0.05) is 18.6 Å². The van der Waals surface area contributed by atoms with Crippen molar-refractivity contribution >= 4 is 11.8 Å². The van der Waals surface area contributed by atoms with Gasteiger partial charge in [0.1, 0.15) is 11.4 Å². The van der Waals surface area contributed by atoms with Crippen LogP contribution in [0.3, 0.4) is 0 Å². The van der Waals surface area contributed by atoms with Crippen LogP contribution < -0.4 is 15.9 Å². The number of esters is 1. The molecule has 0 aromatic carbocycles. The summed E-state index contributed by atoms with van der Waals surface area (Å²) < 4.78 is 5.60. The van der Waals surface area contributed by atoms with E-state index in [2.05, 4.69) is 27.0 Å². The largest absolute Gasteiger partial charge is 0.458 e. The summed E-state index contributed by atoms with van der Waals surface area (Å²) in [5.74, 6) is 0.642. The number of rotatable bonds is 14. The molecule has 0 saturated carbocycles. The summed E-state index contributed by atoms with van der Waals surface area (Å²) in [6.07, 6.45) is 4.20.